The number of thioether (sulfide) groups is 1. The van der Waals surface area contributed by atoms with Crippen LogP contribution in [0.4, 0.5) is 0 Å². The minimum atomic E-state index is 0.178. The van der Waals surface area contributed by atoms with Gasteiger partial charge in [-0.3, -0.25) is 0 Å². The first-order valence-corrected chi connectivity index (χ1v) is 6.89. The van der Waals surface area contributed by atoms with Crippen LogP contribution in [0.2, 0.25) is 0 Å². The van der Waals surface area contributed by atoms with Gasteiger partial charge in [-0.05, 0) is 37.5 Å². The number of aliphatic hydroxyl groups excluding tert-OH is 1. The third-order valence-electron chi connectivity index (χ3n) is 2.65. The smallest absolute Gasteiger partial charge is 0.135 e. The average molecular weight is 305 g/mol. The fourth-order valence-electron chi connectivity index (χ4n) is 1.62. The van der Waals surface area contributed by atoms with Gasteiger partial charge in [0.05, 0.1) is 18.6 Å². The molecule has 0 unspecified atom stereocenters. The predicted molar refractivity (Wildman–Crippen MR) is 72.7 cm³/mol. The molecule has 1 rings (SSSR count). The minimum absolute atomic E-state index is 0.178. The lowest BCUT2D eigenvalue weighted by Gasteiger charge is -2.18. The van der Waals surface area contributed by atoms with Crippen molar-refractivity contribution in [3.63, 3.8) is 0 Å². The first kappa shape index (κ1) is 13.9. The van der Waals surface area contributed by atoms with Crippen molar-refractivity contribution in [1.82, 2.24) is 0 Å². The van der Waals surface area contributed by atoms with Crippen molar-refractivity contribution in [2.75, 3.05) is 19.5 Å². The molecule has 4 heteroatoms. The molecule has 0 bridgehead atoms. The maximum atomic E-state index is 8.90. The van der Waals surface area contributed by atoms with E-state index in [1.807, 2.05) is 0 Å². The normalized spacial score (nSPS) is 10.6. The lowest BCUT2D eigenvalue weighted by Crippen LogP contribution is -1.99. The SMILES string of the molecule is COc1c(C)c(C)c(Br)c(C)c1SCCO. The van der Waals surface area contributed by atoms with E-state index < -0.39 is 0 Å². The number of methoxy groups -OCH3 is 1. The van der Waals surface area contributed by atoms with Crippen LogP contribution in [0.1, 0.15) is 16.7 Å². The average Bonchev–Trinajstić information content (AvgIpc) is 2.29. The zero-order chi connectivity index (χ0) is 12.3. The van der Waals surface area contributed by atoms with Gasteiger partial charge in [0.1, 0.15) is 5.75 Å². The molecule has 0 aliphatic rings. The molecule has 0 saturated heterocycles. The Labute approximate surface area is 110 Å². The number of ether oxygens (including phenoxy) is 1. The molecule has 0 fully saturated rings. The third-order valence-corrected chi connectivity index (χ3v) is 5.01. The Morgan fingerprint density at radius 2 is 1.81 bits per heavy atom. The summed E-state index contributed by atoms with van der Waals surface area (Å²) < 4.78 is 6.60. The number of aliphatic hydroxyl groups is 1. The van der Waals surface area contributed by atoms with E-state index in [0.29, 0.717) is 5.75 Å². The summed E-state index contributed by atoms with van der Waals surface area (Å²) in [7, 11) is 1.69. The molecule has 16 heavy (non-hydrogen) atoms. The molecule has 1 aromatic carbocycles. The molecule has 1 aromatic rings. The minimum Gasteiger partial charge on any atom is -0.495 e. The van der Waals surface area contributed by atoms with Crippen LogP contribution < -0.4 is 4.74 Å². The molecule has 1 N–H and O–H groups in total. The Hall–Kier alpha value is -0.190. The fourth-order valence-corrected chi connectivity index (χ4v) is 3.23. The summed E-state index contributed by atoms with van der Waals surface area (Å²) in [5, 5.41) is 8.90. The zero-order valence-corrected chi connectivity index (χ0v) is 12.5. The fraction of sp³-hybridized carbons (Fsp3) is 0.500. The van der Waals surface area contributed by atoms with Gasteiger partial charge in [0.2, 0.25) is 0 Å². The highest BCUT2D eigenvalue weighted by atomic mass is 79.9. The second kappa shape index (κ2) is 5.94. The molecule has 90 valence electrons. The van der Waals surface area contributed by atoms with Crippen molar-refractivity contribution in [3.05, 3.63) is 21.2 Å². The largest absolute Gasteiger partial charge is 0.495 e. The lowest BCUT2D eigenvalue weighted by atomic mass is 10.1. The number of hydrogen-bond donors (Lipinski definition) is 1. The zero-order valence-electron chi connectivity index (χ0n) is 10.1. The van der Waals surface area contributed by atoms with E-state index in [1.54, 1.807) is 18.9 Å². The van der Waals surface area contributed by atoms with Crippen LogP contribution >= 0.6 is 27.7 Å². The van der Waals surface area contributed by atoms with E-state index in [4.69, 9.17) is 9.84 Å². The highest BCUT2D eigenvalue weighted by Crippen LogP contribution is 2.41. The summed E-state index contributed by atoms with van der Waals surface area (Å²) >= 11 is 5.23. The standard InChI is InChI=1S/C12H17BrO2S/c1-7-8(2)11(15-4)12(16-6-5-14)9(3)10(7)13/h14H,5-6H2,1-4H3. The molecule has 0 aromatic heterocycles. The second-order valence-electron chi connectivity index (χ2n) is 3.62. The van der Waals surface area contributed by atoms with Gasteiger partial charge in [0.25, 0.3) is 0 Å². The summed E-state index contributed by atoms with van der Waals surface area (Å²) in [6.07, 6.45) is 0. The molecular formula is C12H17BrO2S. The van der Waals surface area contributed by atoms with Crippen LogP contribution in [0.25, 0.3) is 0 Å². The van der Waals surface area contributed by atoms with Gasteiger partial charge < -0.3 is 9.84 Å². The van der Waals surface area contributed by atoms with Crippen molar-refractivity contribution in [3.8, 4) is 5.75 Å². The van der Waals surface area contributed by atoms with Gasteiger partial charge >= 0.3 is 0 Å². The van der Waals surface area contributed by atoms with Gasteiger partial charge in [-0.15, -0.1) is 11.8 Å². The maximum absolute atomic E-state index is 8.90. The quantitative estimate of drug-likeness (QED) is 0.864. The van der Waals surface area contributed by atoms with Crippen LogP contribution in [0.5, 0.6) is 5.75 Å². The molecule has 0 atom stereocenters. The van der Waals surface area contributed by atoms with Crippen molar-refractivity contribution in [2.45, 2.75) is 25.7 Å². The summed E-state index contributed by atoms with van der Waals surface area (Å²) in [5.74, 6) is 1.61. The van der Waals surface area contributed by atoms with Gasteiger partial charge in [0, 0.05) is 10.2 Å². The monoisotopic (exact) mass is 304 g/mol. The van der Waals surface area contributed by atoms with E-state index in [1.165, 1.54) is 11.1 Å². The Morgan fingerprint density at radius 1 is 1.19 bits per heavy atom. The Bertz CT molecular complexity index is 391. The topological polar surface area (TPSA) is 29.5 Å². The van der Waals surface area contributed by atoms with E-state index in [9.17, 15) is 0 Å². The predicted octanol–water partition coefficient (Wildman–Crippen LogP) is 3.47. The molecular weight excluding hydrogens is 288 g/mol. The van der Waals surface area contributed by atoms with Crippen LogP contribution in [0.3, 0.4) is 0 Å². The Morgan fingerprint density at radius 3 is 2.31 bits per heavy atom. The van der Waals surface area contributed by atoms with Crippen molar-refractivity contribution in [1.29, 1.82) is 0 Å². The molecule has 0 spiro atoms. The molecule has 0 aliphatic heterocycles. The van der Waals surface area contributed by atoms with Gasteiger partial charge in [0.15, 0.2) is 0 Å². The highest BCUT2D eigenvalue weighted by Gasteiger charge is 2.16. The Kier molecular flexibility index (Phi) is 5.15. The van der Waals surface area contributed by atoms with Crippen molar-refractivity contribution in [2.24, 2.45) is 0 Å². The molecule has 0 radical (unpaired) electrons. The lowest BCUT2D eigenvalue weighted by molar-refractivity contribution is 0.322. The van der Waals surface area contributed by atoms with Crippen molar-refractivity contribution >= 4 is 27.7 Å². The number of halogens is 1. The van der Waals surface area contributed by atoms with Gasteiger partial charge in [-0.1, -0.05) is 15.9 Å². The van der Waals surface area contributed by atoms with Crippen LogP contribution in [0, 0.1) is 20.8 Å². The molecule has 0 heterocycles. The van der Waals surface area contributed by atoms with Crippen LogP contribution in [-0.2, 0) is 0 Å². The molecule has 0 saturated carbocycles. The molecule has 0 aliphatic carbocycles. The van der Waals surface area contributed by atoms with Crippen LogP contribution in [0.15, 0.2) is 9.37 Å². The summed E-state index contributed by atoms with van der Waals surface area (Å²) in [4.78, 5) is 1.12. The number of rotatable bonds is 4. The molecule has 2 nitrogen and oxygen atoms in total. The van der Waals surface area contributed by atoms with E-state index in [2.05, 4.69) is 36.7 Å². The van der Waals surface area contributed by atoms with E-state index in [0.717, 1.165) is 20.7 Å². The summed E-state index contributed by atoms with van der Waals surface area (Å²) in [6.45, 7) is 6.38. The second-order valence-corrected chi connectivity index (χ2v) is 5.52. The van der Waals surface area contributed by atoms with Gasteiger partial charge in [-0.2, -0.15) is 0 Å². The van der Waals surface area contributed by atoms with E-state index in [-0.39, 0.29) is 6.61 Å². The van der Waals surface area contributed by atoms with Gasteiger partial charge in [-0.25, -0.2) is 0 Å². The summed E-state index contributed by atoms with van der Waals surface area (Å²) in [5.41, 5.74) is 3.54. The van der Waals surface area contributed by atoms with E-state index >= 15 is 0 Å². The number of benzene rings is 1. The first-order chi connectivity index (χ1) is 7.54. The molecule has 0 amide bonds. The van der Waals surface area contributed by atoms with Crippen molar-refractivity contribution < 1.29 is 9.84 Å². The number of hydrogen-bond acceptors (Lipinski definition) is 3. The Balaban J connectivity index is 3.33. The highest BCUT2D eigenvalue weighted by molar-refractivity contribution is 9.10. The first-order valence-electron chi connectivity index (χ1n) is 5.11. The summed E-state index contributed by atoms with van der Waals surface area (Å²) in [6, 6.07) is 0. The van der Waals surface area contributed by atoms with Crippen LogP contribution in [-0.4, -0.2) is 24.6 Å². The maximum Gasteiger partial charge on any atom is 0.135 e. The third kappa shape index (κ3) is 2.55.